The molecule has 8 aromatic carbocycles. The second-order valence-corrected chi connectivity index (χ2v) is 15.6. The van der Waals surface area contributed by atoms with E-state index in [0.717, 1.165) is 28.1 Å². The molecule has 278 valence electrons. The van der Waals surface area contributed by atoms with E-state index in [1.165, 1.54) is 66.8 Å². The fraction of sp³-hybridized carbons (Fsp3) is 0.0364. The maximum absolute atomic E-state index is 5.04. The zero-order valence-corrected chi connectivity index (χ0v) is 32.3. The van der Waals surface area contributed by atoms with Crippen molar-refractivity contribution in [2.45, 2.75) is 5.41 Å². The summed E-state index contributed by atoms with van der Waals surface area (Å²) >= 11 is 0. The number of fused-ring (bicyclic) bond motifs is 7. The van der Waals surface area contributed by atoms with Gasteiger partial charge in [-0.3, -0.25) is 4.57 Å². The van der Waals surface area contributed by atoms with Gasteiger partial charge in [-0.05, 0) is 105 Å². The highest BCUT2D eigenvalue weighted by Crippen LogP contribution is 2.57. The molecule has 0 unspecified atom stereocenters. The predicted molar refractivity (Wildman–Crippen MR) is 243 cm³/mol. The summed E-state index contributed by atoms with van der Waals surface area (Å²) in [6.07, 6.45) is 1.94. The van der Waals surface area contributed by atoms with Crippen LogP contribution in [-0.2, 0) is 5.41 Å². The van der Waals surface area contributed by atoms with Gasteiger partial charge in [0.25, 0.3) is 0 Å². The summed E-state index contributed by atoms with van der Waals surface area (Å²) in [7, 11) is 0. The van der Waals surface area contributed by atoms with E-state index in [-0.39, 0.29) is 0 Å². The highest BCUT2D eigenvalue weighted by molar-refractivity contribution is 6.09. The number of anilines is 4. The van der Waals surface area contributed by atoms with Crippen LogP contribution in [0.1, 0.15) is 22.3 Å². The van der Waals surface area contributed by atoms with Crippen LogP contribution >= 0.6 is 0 Å². The van der Waals surface area contributed by atoms with Gasteiger partial charge in [0, 0.05) is 28.3 Å². The molecule has 10 aromatic rings. The Labute approximate surface area is 343 Å². The second kappa shape index (κ2) is 13.2. The van der Waals surface area contributed by atoms with E-state index in [2.05, 4.69) is 227 Å². The molecule has 0 bridgehead atoms. The predicted octanol–water partition coefficient (Wildman–Crippen LogP) is 13.5. The molecule has 3 heterocycles. The fourth-order valence-corrected chi connectivity index (χ4v) is 10.00. The maximum atomic E-state index is 5.04. The maximum Gasteiger partial charge on any atom is 0.138 e. The van der Waals surface area contributed by atoms with E-state index in [1.54, 1.807) is 0 Å². The molecule has 4 heteroatoms. The molecule has 1 aliphatic heterocycles. The lowest BCUT2D eigenvalue weighted by atomic mass is 9.67. The monoisotopic (exact) mass is 754 g/mol. The molecule has 2 aromatic heterocycles. The van der Waals surface area contributed by atoms with Crippen LogP contribution in [0, 0.1) is 0 Å². The van der Waals surface area contributed by atoms with Crippen molar-refractivity contribution in [3.05, 3.63) is 241 Å². The average molecular weight is 755 g/mol. The Morgan fingerprint density at radius 1 is 0.407 bits per heavy atom. The first kappa shape index (κ1) is 33.4. The Morgan fingerprint density at radius 3 is 1.76 bits per heavy atom. The standard InChI is InChI=1S/C55H38N4/c1-3-16-38(17-4-1)39-32-33-56-54(34-39)59-50-27-12-9-24-46(50)47-31-30-41(36-53(47)59)55(48-25-10-7-22-44(48)45-23-8-11-26-49(45)55)40-18-15-21-43(35-40)58-37-57(42-19-5-2-6-20-42)51-28-13-14-29-52(51)58/h1-36H,37H2. The smallest absolute Gasteiger partial charge is 0.138 e. The van der Waals surface area contributed by atoms with Gasteiger partial charge in [0.1, 0.15) is 12.5 Å². The molecule has 4 nitrogen and oxygen atoms in total. The summed E-state index contributed by atoms with van der Waals surface area (Å²) in [4.78, 5) is 9.90. The van der Waals surface area contributed by atoms with E-state index in [0.29, 0.717) is 6.67 Å². The summed E-state index contributed by atoms with van der Waals surface area (Å²) in [5.74, 6) is 0.897. The number of aromatic nitrogens is 2. The molecule has 12 rings (SSSR count). The van der Waals surface area contributed by atoms with Crippen molar-refractivity contribution in [1.29, 1.82) is 0 Å². The molecule has 0 fully saturated rings. The number of hydrogen-bond acceptors (Lipinski definition) is 3. The molecular weight excluding hydrogens is 717 g/mol. The largest absolute Gasteiger partial charge is 0.321 e. The first-order valence-corrected chi connectivity index (χ1v) is 20.3. The van der Waals surface area contributed by atoms with E-state index in [4.69, 9.17) is 4.98 Å². The number of nitrogens with zero attached hydrogens (tertiary/aromatic N) is 4. The van der Waals surface area contributed by atoms with E-state index >= 15 is 0 Å². The van der Waals surface area contributed by atoms with Crippen LogP contribution in [0.25, 0.3) is 49.9 Å². The lowest BCUT2D eigenvalue weighted by molar-refractivity contribution is 0.768. The Balaban J connectivity index is 1.10. The number of pyridine rings is 1. The SMILES string of the molecule is c1ccc(-c2ccnc(-n3c4ccccc4c4ccc(C5(c6cccc(N7CN(c8ccccc8)c8ccccc87)c6)c6ccccc6-c6ccccc65)cc43)c2)cc1. The third-order valence-corrected chi connectivity index (χ3v) is 12.5. The van der Waals surface area contributed by atoms with E-state index in [9.17, 15) is 0 Å². The molecule has 0 amide bonds. The summed E-state index contributed by atoms with van der Waals surface area (Å²) in [5, 5.41) is 2.41. The van der Waals surface area contributed by atoms with Crippen LogP contribution in [0.15, 0.2) is 219 Å². The first-order chi connectivity index (χ1) is 29.3. The van der Waals surface area contributed by atoms with Crippen molar-refractivity contribution < 1.29 is 0 Å². The Bertz CT molecular complexity index is 3170. The minimum absolute atomic E-state index is 0.601. The van der Waals surface area contributed by atoms with Gasteiger partial charge in [0.05, 0.1) is 27.8 Å². The number of hydrogen-bond donors (Lipinski definition) is 0. The molecule has 59 heavy (non-hydrogen) atoms. The van der Waals surface area contributed by atoms with Gasteiger partial charge in [-0.2, -0.15) is 0 Å². The Kier molecular flexibility index (Phi) is 7.48. The van der Waals surface area contributed by atoms with E-state index < -0.39 is 5.41 Å². The lowest BCUT2D eigenvalue weighted by Crippen LogP contribution is -2.29. The Hall–Kier alpha value is -7.69. The molecule has 0 spiro atoms. The quantitative estimate of drug-likeness (QED) is 0.169. The highest BCUT2D eigenvalue weighted by Gasteiger charge is 2.46. The summed E-state index contributed by atoms with van der Waals surface area (Å²) in [6.45, 7) is 0.716. The van der Waals surface area contributed by atoms with Gasteiger partial charge < -0.3 is 9.80 Å². The molecule has 0 atom stereocenters. The van der Waals surface area contributed by atoms with Gasteiger partial charge in [-0.15, -0.1) is 0 Å². The molecule has 2 aliphatic rings. The Morgan fingerprint density at radius 2 is 1.00 bits per heavy atom. The first-order valence-electron chi connectivity index (χ1n) is 20.3. The lowest BCUT2D eigenvalue weighted by Gasteiger charge is -2.35. The van der Waals surface area contributed by atoms with Crippen LogP contribution in [0.4, 0.5) is 22.7 Å². The molecule has 0 N–H and O–H groups in total. The molecule has 0 saturated heterocycles. The molecule has 0 saturated carbocycles. The van der Waals surface area contributed by atoms with Crippen molar-refractivity contribution in [2.75, 3.05) is 16.5 Å². The number of benzene rings is 8. The molecule has 1 aliphatic carbocycles. The third kappa shape index (κ3) is 5.00. The van der Waals surface area contributed by atoms with Crippen molar-refractivity contribution >= 4 is 44.6 Å². The number of para-hydroxylation sites is 4. The summed E-state index contributed by atoms with van der Waals surface area (Å²) in [6, 6.07) is 77.6. The van der Waals surface area contributed by atoms with Crippen LogP contribution < -0.4 is 9.80 Å². The summed E-state index contributed by atoms with van der Waals surface area (Å²) in [5.41, 5.74) is 16.3. The second-order valence-electron chi connectivity index (χ2n) is 15.6. The van der Waals surface area contributed by atoms with Crippen molar-refractivity contribution in [2.24, 2.45) is 0 Å². The van der Waals surface area contributed by atoms with Gasteiger partial charge in [-0.25, -0.2) is 4.98 Å². The fourth-order valence-electron chi connectivity index (χ4n) is 10.00. The zero-order valence-electron chi connectivity index (χ0n) is 32.3. The van der Waals surface area contributed by atoms with Crippen LogP contribution in [0.2, 0.25) is 0 Å². The number of rotatable bonds is 6. The average Bonchev–Trinajstić information content (AvgIpc) is 3.97. The summed E-state index contributed by atoms with van der Waals surface area (Å²) < 4.78 is 2.36. The normalized spacial score (nSPS) is 13.8. The van der Waals surface area contributed by atoms with Gasteiger partial charge in [0.2, 0.25) is 0 Å². The minimum atomic E-state index is -0.601. The third-order valence-electron chi connectivity index (χ3n) is 12.5. The zero-order chi connectivity index (χ0) is 38.9. The van der Waals surface area contributed by atoms with Gasteiger partial charge >= 0.3 is 0 Å². The molecule has 0 radical (unpaired) electrons. The van der Waals surface area contributed by atoms with Gasteiger partial charge in [-0.1, -0.05) is 152 Å². The highest BCUT2D eigenvalue weighted by atomic mass is 15.4. The molecular formula is C55H38N4. The van der Waals surface area contributed by atoms with Crippen LogP contribution in [-0.4, -0.2) is 16.2 Å². The minimum Gasteiger partial charge on any atom is -0.321 e. The van der Waals surface area contributed by atoms with Crippen LogP contribution in [0.3, 0.4) is 0 Å². The van der Waals surface area contributed by atoms with Crippen molar-refractivity contribution in [3.8, 4) is 28.1 Å². The van der Waals surface area contributed by atoms with Crippen molar-refractivity contribution in [1.82, 2.24) is 9.55 Å². The van der Waals surface area contributed by atoms with Gasteiger partial charge in [0.15, 0.2) is 0 Å². The van der Waals surface area contributed by atoms with E-state index in [1.807, 2.05) is 6.20 Å². The topological polar surface area (TPSA) is 24.3 Å². The van der Waals surface area contributed by atoms with Crippen molar-refractivity contribution in [3.63, 3.8) is 0 Å². The van der Waals surface area contributed by atoms with Crippen LogP contribution in [0.5, 0.6) is 0 Å².